The van der Waals surface area contributed by atoms with Gasteiger partial charge in [0.05, 0.1) is 0 Å². The Balaban J connectivity index is 4.01. The second kappa shape index (κ2) is 6.36. The van der Waals surface area contributed by atoms with Crippen LogP contribution in [0.3, 0.4) is 0 Å². The summed E-state index contributed by atoms with van der Waals surface area (Å²) in [5.41, 5.74) is 0. The van der Waals surface area contributed by atoms with E-state index < -0.39 is 24.2 Å². The molecule has 0 bridgehead atoms. The number of carboxylic acid groups (broad SMARTS) is 1. The Morgan fingerprint density at radius 3 is 2.20 bits per heavy atom. The molecule has 0 amide bonds. The molecule has 0 heterocycles. The number of carboxylic acids is 1. The van der Waals surface area contributed by atoms with Gasteiger partial charge in [-0.15, -0.1) is 0 Å². The molecule has 0 aromatic carbocycles. The summed E-state index contributed by atoms with van der Waals surface area (Å²) < 4.78 is 8.99. The first kappa shape index (κ1) is 12.9. The van der Waals surface area contributed by atoms with Crippen LogP contribution in [0.2, 0.25) is 0 Å². The van der Waals surface area contributed by atoms with Crippen LogP contribution < -0.4 is 0 Å². The van der Waals surface area contributed by atoms with E-state index in [2.05, 4.69) is 16.1 Å². The average molecular weight is 214 g/mol. The molecule has 6 heteroatoms. The van der Waals surface area contributed by atoms with E-state index in [4.69, 9.17) is 5.11 Å². The number of rotatable bonds is 5. The molecule has 0 saturated heterocycles. The summed E-state index contributed by atoms with van der Waals surface area (Å²) in [6.07, 6.45) is 1.14. The third kappa shape index (κ3) is 7.00. The van der Waals surface area contributed by atoms with Crippen LogP contribution in [-0.4, -0.2) is 29.3 Å². The van der Waals surface area contributed by atoms with Crippen LogP contribution in [-0.2, 0) is 23.9 Å². The molecule has 0 rings (SSSR count). The topological polar surface area (TPSA) is 89.9 Å². The molecule has 1 unspecified atom stereocenters. The maximum Gasteiger partial charge on any atom is 0.334 e. The lowest BCUT2D eigenvalue weighted by Crippen LogP contribution is -2.19. The highest BCUT2D eigenvalue weighted by molar-refractivity contribution is 5.90. The molecular formula is C9H10O6. The Morgan fingerprint density at radius 1 is 1.20 bits per heavy atom. The first-order valence-corrected chi connectivity index (χ1v) is 3.90. The van der Waals surface area contributed by atoms with E-state index in [0.29, 0.717) is 12.2 Å². The van der Waals surface area contributed by atoms with E-state index in [1.165, 1.54) is 6.92 Å². The predicted molar refractivity (Wildman–Crippen MR) is 48.6 cm³/mol. The molecule has 0 aromatic rings. The molecule has 0 aliphatic heterocycles. The molecule has 0 aliphatic carbocycles. The maximum absolute atomic E-state index is 10.8. The predicted octanol–water partition coefficient (Wildman–Crippen LogP) is 0.246. The maximum atomic E-state index is 10.8. The van der Waals surface area contributed by atoms with E-state index in [-0.39, 0.29) is 0 Å². The smallest absolute Gasteiger partial charge is 0.334 e. The van der Waals surface area contributed by atoms with Crippen molar-refractivity contribution < 1.29 is 29.0 Å². The van der Waals surface area contributed by atoms with E-state index in [1.54, 1.807) is 0 Å². The van der Waals surface area contributed by atoms with Gasteiger partial charge in [0, 0.05) is 25.2 Å². The lowest BCUT2D eigenvalue weighted by molar-refractivity contribution is -0.177. The van der Waals surface area contributed by atoms with Crippen LogP contribution in [0.4, 0.5) is 0 Å². The van der Waals surface area contributed by atoms with Crippen molar-refractivity contribution in [3.05, 3.63) is 24.8 Å². The van der Waals surface area contributed by atoms with E-state index in [9.17, 15) is 14.4 Å². The molecule has 0 aliphatic rings. The normalized spacial score (nSPS) is 11.8. The lowest BCUT2D eigenvalue weighted by Gasteiger charge is -2.10. The Hall–Kier alpha value is -2.11. The summed E-state index contributed by atoms with van der Waals surface area (Å²) in [5, 5.41) is 8.19. The van der Waals surface area contributed by atoms with Crippen LogP contribution >= 0.6 is 0 Å². The molecular weight excluding hydrogens is 204 g/mol. The van der Waals surface area contributed by atoms with Crippen molar-refractivity contribution in [3.63, 3.8) is 0 Å². The van der Waals surface area contributed by atoms with Gasteiger partial charge in [0.1, 0.15) is 0 Å². The number of hydrogen-bond acceptors (Lipinski definition) is 5. The molecule has 0 fully saturated rings. The summed E-state index contributed by atoms with van der Waals surface area (Å²) in [7, 11) is 0. The molecule has 0 radical (unpaired) electrons. The van der Waals surface area contributed by atoms with Crippen molar-refractivity contribution in [2.75, 3.05) is 0 Å². The van der Waals surface area contributed by atoms with Gasteiger partial charge in [-0.05, 0) is 0 Å². The molecule has 0 saturated carbocycles. The molecule has 1 N–H and O–H groups in total. The standard InChI is InChI=1S/C9H10O6/c1-3-8(12)14-6(2)15-9(13)5-4-7(10)11/h3-6H,1H2,2H3,(H,10,11). The van der Waals surface area contributed by atoms with Crippen molar-refractivity contribution in [3.8, 4) is 0 Å². The fraction of sp³-hybridized carbons (Fsp3) is 0.222. The van der Waals surface area contributed by atoms with Gasteiger partial charge in [-0.1, -0.05) is 6.58 Å². The van der Waals surface area contributed by atoms with Crippen molar-refractivity contribution in [2.24, 2.45) is 0 Å². The van der Waals surface area contributed by atoms with Gasteiger partial charge in [0.25, 0.3) is 0 Å². The molecule has 1 atom stereocenters. The number of hydrogen-bond donors (Lipinski definition) is 1. The average Bonchev–Trinajstić information content (AvgIpc) is 2.14. The van der Waals surface area contributed by atoms with E-state index >= 15 is 0 Å². The highest BCUT2D eigenvalue weighted by atomic mass is 16.7. The van der Waals surface area contributed by atoms with Gasteiger partial charge in [-0.25, -0.2) is 14.4 Å². The van der Waals surface area contributed by atoms with Crippen LogP contribution in [0.15, 0.2) is 24.8 Å². The number of esters is 2. The van der Waals surface area contributed by atoms with Crippen molar-refractivity contribution in [1.82, 2.24) is 0 Å². The van der Waals surface area contributed by atoms with Gasteiger partial charge in [-0.3, -0.25) is 0 Å². The molecule has 0 aromatic heterocycles. The fourth-order valence-corrected chi connectivity index (χ4v) is 0.578. The van der Waals surface area contributed by atoms with Gasteiger partial charge in [-0.2, -0.15) is 0 Å². The lowest BCUT2D eigenvalue weighted by atomic mass is 10.5. The summed E-state index contributed by atoms with van der Waals surface area (Å²) >= 11 is 0. The number of carbonyl (C=O) groups excluding carboxylic acids is 2. The van der Waals surface area contributed by atoms with Gasteiger partial charge in [0.15, 0.2) is 0 Å². The molecule has 15 heavy (non-hydrogen) atoms. The van der Waals surface area contributed by atoms with E-state index in [0.717, 1.165) is 6.08 Å². The second-order valence-corrected chi connectivity index (χ2v) is 2.32. The quantitative estimate of drug-likeness (QED) is 0.400. The van der Waals surface area contributed by atoms with Crippen molar-refractivity contribution in [2.45, 2.75) is 13.2 Å². The van der Waals surface area contributed by atoms with Crippen LogP contribution in [0.5, 0.6) is 0 Å². The number of ether oxygens (including phenoxy) is 2. The van der Waals surface area contributed by atoms with Crippen LogP contribution in [0.25, 0.3) is 0 Å². The highest BCUT2D eigenvalue weighted by Gasteiger charge is 2.09. The zero-order valence-corrected chi connectivity index (χ0v) is 8.00. The SMILES string of the molecule is C=CC(=O)OC(C)OC(=O)C=CC(=O)O. The molecule has 0 spiro atoms. The summed E-state index contributed by atoms with van der Waals surface area (Å²) in [5.74, 6) is -2.93. The first-order chi connectivity index (χ1) is 6.95. The van der Waals surface area contributed by atoms with Crippen LogP contribution in [0, 0.1) is 0 Å². The van der Waals surface area contributed by atoms with Gasteiger partial charge < -0.3 is 14.6 Å². The second-order valence-electron chi connectivity index (χ2n) is 2.32. The molecule has 6 nitrogen and oxygen atoms in total. The third-order valence-electron chi connectivity index (χ3n) is 1.09. The Kier molecular flexibility index (Phi) is 5.47. The number of carbonyl (C=O) groups is 3. The summed E-state index contributed by atoms with van der Waals surface area (Å²) in [6, 6.07) is 0. The first-order valence-electron chi connectivity index (χ1n) is 3.90. The Labute approximate surface area is 85.8 Å². The summed E-state index contributed by atoms with van der Waals surface area (Å²) in [4.78, 5) is 31.5. The monoisotopic (exact) mass is 214 g/mol. The largest absolute Gasteiger partial charge is 0.478 e. The number of aliphatic carboxylic acids is 1. The van der Waals surface area contributed by atoms with E-state index in [1.807, 2.05) is 0 Å². The zero-order valence-electron chi connectivity index (χ0n) is 8.00. The van der Waals surface area contributed by atoms with Gasteiger partial charge >= 0.3 is 17.9 Å². The zero-order chi connectivity index (χ0) is 11.8. The van der Waals surface area contributed by atoms with Crippen LogP contribution in [0.1, 0.15) is 6.92 Å². The summed E-state index contributed by atoms with van der Waals surface area (Å²) in [6.45, 7) is 4.46. The Morgan fingerprint density at radius 2 is 1.73 bits per heavy atom. The third-order valence-corrected chi connectivity index (χ3v) is 1.09. The fourth-order valence-electron chi connectivity index (χ4n) is 0.578. The van der Waals surface area contributed by atoms with Crippen molar-refractivity contribution >= 4 is 17.9 Å². The minimum Gasteiger partial charge on any atom is -0.478 e. The minimum atomic E-state index is -1.28. The Bertz CT molecular complexity index is 304. The van der Waals surface area contributed by atoms with Crippen molar-refractivity contribution in [1.29, 1.82) is 0 Å². The minimum absolute atomic E-state index is 0.615. The molecule has 82 valence electrons. The highest BCUT2D eigenvalue weighted by Crippen LogP contribution is 1.96. The van der Waals surface area contributed by atoms with Gasteiger partial charge in [0.2, 0.25) is 6.29 Å².